The van der Waals surface area contributed by atoms with Crippen LogP contribution in [0.4, 0.5) is 0 Å². The van der Waals surface area contributed by atoms with Crippen LogP contribution < -0.4 is 5.32 Å². The molecule has 0 aliphatic heterocycles. The van der Waals surface area contributed by atoms with Gasteiger partial charge in [0.05, 0.1) is 0 Å². The van der Waals surface area contributed by atoms with Gasteiger partial charge in [0, 0.05) is 6.04 Å². The van der Waals surface area contributed by atoms with Gasteiger partial charge >= 0.3 is 0 Å². The maximum absolute atomic E-state index is 3.47. The minimum absolute atomic E-state index is 0.683. The van der Waals surface area contributed by atoms with Crippen LogP contribution in [0.1, 0.15) is 46.5 Å². The Hall–Kier alpha value is -0.0800. The lowest BCUT2D eigenvalue weighted by atomic mass is 10.2. The first-order valence-electron chi connectivity index (χ1n) is 6.09. The highest BCUT2D eigenvalue weighted by Gasteiger charge is 2.01. The van der Waals surface area contributed by atoms with Crippen molar-refractivity contribution in [3.05, 3.63) is 0 Å². The molecule has 0 aliphatic rings. The van der Waals surface area contributed by atoms with Gasteiger partial charge in [-0.15, -0.1) is 0 Å². The third-order valence-electron chi connectivity index (χ3n) is 2.70. The Balaban J connectivity index is 3.06. The number of nitrogens with one attached hydrogen (secondary N) is 1. The van der Waals surface area contributed by atoms with Gasteiger partial charge in [0.15, 0.2) is 0 Å². The summed E-state index contributed by atoms with van der Waals surface area (Å²) in [6.07, 6.45) is 5.23. The third-order valence-corrected chi connectivity index (χ3v) is 2.70. The SMILES string of the molecule is CCCCNCCCCN(C)C(C)C. The highest BCUT2D eigenvalue weighted by molar-refractivity contribution is 4.57. The predicted octanol–water partition coefficient (Wildman–Crippen LogP) is 2.50. The fourth-order valence-corrected chi connectivity index (χ4v) is 1.30. The number of hydrogen-bond donors (Lipinski definition) is 1. The van der Waals surface area contributed by atoms with Gasteiger partial charge in [-0.05, 0) is 59.8 Å². The molecule has 2 heteroatoms. The lowest BCUT2D eigenvalue weighted by Crippen LogP contribution is -2.28. The molecule has 0 fully saturated rings. The molecule has 2 nitrogen and oxygen atoms in total. The van der Waals surface area contributed by atoms with Crippen LogP contribution in [-0.2, 0) is 0 Å². The molecule has 0 saturated heterocycles. The maximum Gasteiger partial charge on any atom is 0.00355 e. The molecule has 0 aliphatic carbocycles. The third kappa shape index (κ3) is 8.52. The first-order valence-corrected chi connectivity index (χ1v) is 6.09. The minimum atomic E-state index is 0.683. The van der Waals surface area contributed by atoms with Crippen molar-refractivity contribution >= 4 is 0 Å². The molecule has 0 amide bonds. The average Bonchev–Trinajstić information content (AvgIpc) is 2.16. The minimum Gasteiger partial charge on any atom is -0.317 e. The summed E-state index contributed by atoms with van der Waals surface area (Å²) in [5.41, 5.74) is 0. The standard InChI is InChI=1S/C12H28N2/c1-5-6-9-13-10-7-8-11-14(4)12(2)3/h12-13H,5-11H2,1-4H3. The molecule has 0 spiro atoms. The molecule has 0 bridgehead atoms. The van der Waals surface area contributed by atoms with Crippen molar-refractivity contribution in [3.63, 3.8) is 0 Å². The van der Waals surface area contributed by atoms with Crippen molar-refractivity contribution in [2.24, 2.45) is 0 Å². The molecule has 1 N–H and O–H groups in total. The van der Waals surface area contributed by atoms with Crippen LogP contribution in [0.3, 0.4) is 0 Å². The fraction of sp³-hybridized carbons (Fsp3) is 1.00. The summed E-state index contributed by atoms with van der Waals surface area (Å²) in [5, 5.41) is 3.47. The first kappa shape index (κ1) is 13.9. The Morgan fingerprint density at radius 2 is 1.71 bits per heavy atom. The van der Waals surface area contributed by atoms with Gasteiger partial charge in [-0.3, -0.25) is 0 Å². The van der Waals surface area contributed by atoms with E-state index in [4.69, 9.17) is 0 Å². The van der Waals surface area contributed by atoms with E-state index in [-0.39, 0.29) is 0 Å². The average molecular weight is 200 g/mol. The smallest absolute Gasteiger partial charge is 0.00355 e. The van der Waals surface area contributed by atoms with Crippen molar-refractivity contribution in [1.82, 2.24) is 10.2 Å². The summed E-state index contributed by atoms with van der Waals surface area (Å²) < 4.78 is 0. The second-order valence-corrected chi connectivity index (χ2v) is 4.39. The molecule has 86 valence electrons. The molecule has 0 saturated carbocycles. The maximum atomic E-state index is 3.47. The second-order valence-electron chi connectivity index (χ2n) is 4.39. The topological polar surface area (TPSA) is 15.3 Å². The molecule has 0 aromatic carbocycles. The first-order chi connectivity index (χ1) is 6.68. The zero-order valence-electron chi connectivity index (χ0n) is 10.5. The van der Waals surface area contributed by atoms with Crippen LogP contribution in [0.15, 0.2) is 0 Å². The summed E-state index contributed by atoms with van der Waals surface area (Å²) in [7, 11) is 2.20. The second kappa shape index (κ2) is 9.47. The van der Waals surface area contributed by atoms with E-state index in [1.807, 2.05) is 0 Å². The lowest BCUT2D eigenvalue weighted by molar-refractivity contribution is 0.268. The van der Waals surface area contributed by atoms with Gasteiger partial charge < -0.3 is 10.2 Å². The van der Waals surface area contributed by atoms with Gasteiger partial charge in [-0.2, -0.15) is 0 Å². The number of hydrogen-bond acceptors (Lipinski definition) is 2. The normalized spacial score (nSPS) is 11.6. The van der Waals surface area contributed by atoms with E-state index in [0.29, 0.717) is 6.04 Å². The summed E-state index contributed by atoms with van der Waals surface area (Å²) in [5.74, 6) is 0. The molecule has 0 radical (unpaired) electrons. The number of unbranched alkanes of at least 4 members (excludes halogenated alkanes) is 2. The number of rotatable bonds is 9. The summed E-state index contributed by atoms with van der Waals surface area (Å²) in [4.78, 5) is 2.41. The summed E-state index contributed by atoms with van der Waals surface area (Å²) in [6.45, 7) is 10.3. The van der Waals surface area contributed by atoms with Crippen molar-refractivity contribution in [3.8, 4) is 0 Å². The zero-order chi connectivity index (χ0) is 10.8. The molecule has 0 heterocycles. The van der Waals surface area contributed by atoms with E-state index >= 15 is 0 Å². The van der Waals surface area contributed by atoms with E-state index in [1.165, 1.54) is 45.3 Å². The highest BCUT2D eigenvalue weighted by atomic mass is 15.1. The number of nitrogens with zero attached hydrogens (tertiary/aromatic N) is 1. The molecular formula is C12H28N2. The van der Waals surface area contributed by atoms with Gasteiger partial charge in [-0.25, -0.2) is 0 Å². The van der Waals surface area contributed by atoms with Gasteiger partial charge in [0.2, 0.25) is 0 Å². The summed E-state index contributed by atoms with van der Waals surface area (Å²) >= 11 is 0. The van der Waals surface area contributed by atoms with Crippen molar-refractivity contribution in [1.29, 1.82) is 0 Å². The predicted molar refractivity (Wildman–Crippen MR) is 64.8 cm³/mol. The van der Waals surface area contributed by atoms with Crippen LogP contribution in [0.25, 0.3) is 0 Å². The van der Waals surface area contributed by atoms with Gasteiger partial charge in [-0.1, -0.05) is 13.3 Å². The van der Waals surface area contributed by atoms with E-state index < -0.39 is 0 Å². The molecule has 0 rings (SSSR count). The molecule has 0 atom stereocenters. The molecule has 14 heavy (non-hydrogen) atoms. The lowest BCUT2D eigenvalue weighted by Gasteiger charge is -2.20. The van der Waals surface area contributed by atoms with E-state index in [1.54, 1.807) is 0 Å². The van der Waals surface area contributed by atoms with Crippen molar-refractivity contribution in [2.75, 3.05) is 26.7 Å². The van der Waals surface area contributed by atoms with Crippen molar-refractivity contribution < 1.29 is 0 Å². The van der Waals surface area contributed by atoms with Gasteiger partial charge in [0.25, 0.3) is 0 Å². The molecule has 0 aromatic rings. The Morgan fingerprint density at radius 3 is 2.29 bits per heavy atom. The quantitative estimate of drug-likeness (QED) is 0.575. The van der Waals surface area contributed by atoms with E-state index in [2.05, 4.69) is 38.0 Å². The van der Waals surface area contributed by atoms with E-state index in [0.717, 1.165) is 0 Å². The Bertz CT molecular complexity index is 113. The van der Waals surface area contributed by atoms with Crippen LogP contribution in [0.2, 0.25) is 0 Å². The molecule has 0 unspecified atom stereocenters. The zero-order valence-corrected chi connectivity index (χ0v) is 10.5. The van der Waals surface area contributed by atoms with Crippen LogP contribution in [-0.4, -0.2) is 37.6 Å². The Kier molecular flexibility index (Phi) is 9.42. The summed E-state index contributed by atoms with van der Waals surface area (Å²) in [6, 6.07) is 0.683. The van der Waals surface area contributed by atoms with E-state index in [9.17, 15) is 0 Å². The highest BCUT2D eigenvalue weighted by Crippen LogP contribution is 1.97. The largest absolute Gasteiger partial charge is 0.317 e. The Labute approximate surface area is 90.1 Å². The Morgan fingerprint density at radius 1 is 1.07 bits per heavy atom. The van der Waals surface area contributed by atoms with Crippen LogP contribution in [0, 0.1) is 0 Å². The molecule has 0 aromatic heterocycles. The van der Waals surface area contributed by atoms with Crippen molar-refractivity contribution in [2.45, 2.75) is 52.5 Å². The fourth-order valence-electron chi connectivity index (χ4n) is 1.30. The molecular weight excluding hydrogens is 172 g/mol. The monoisotopic (exact) mass is 200 g/mol. The van der Waals surface area contributed by atoms with Gasteiger partial charge in [0.1, 0.15) is 0 Å². The van der Waals surface area contributed by atoms with Crippen LogP contribution >= 0.6 is 0 Å². The van der Waals surface area contributed by atoms with Crippen LogP contribution in [0.5, 0.6) is 0 Å².